The number of carboxylic acids is 3. The number of aryl methyl sites for hydroxylation is 1. The summed E-state index contributed by atoms with van der Waals surface area (Å²) in [6.45, 7) is 4.92. The van der Waals surface area contributed by atoms with Gasteiger partial charge in [-0.15, -0.1) is 0 Å². The number of aliphatic carboxylic acids is 3. The molecular weight excluding hydrogens is 525 g/mol. The molecular formula is C16H18NO7Pb-3. The third-order valence-electron chi connectivity index (χ3n) is 2.03. The fourth-order valence-electron chi connectivity index (χ4n) is 1.35. The molecule has 8 nitrogen and oxygen atoms in total. The van der Waals surface area contributed by atoms with Crippen molar-refractivity contribution in [3.63, 3.8) is 0 Å². The second-order valence-corrected chi connectivity index (χ2v) is 4.32. The van der Waals surface area contributed by atoms with E-state index < -0.39 is 17.9 Å². The summed E-state index contributed by atoms with van der Waals surface area (Å²) in [4.78, 5) is 26.7. The second-order valence-electron chi connectivity index (χ2n) is 4.32. The summed E-state index contributed by atoms with van der Waals surface area (Å²) in [7, 11) is 0. The number of aromatic nitrogens is 1. The average Bonchev–Trinajstić information content (AvgIpc) is 2.41. The number of para-hydroxylation sites is 1. The summed E-state index contributed by atoms with van der Waals surface area (Å²) < 4.78 is 0.891. The van der Waals surface area contributed by atoms with Gasteiger partial charge in [0.05, 0.1) is 5.39 Å². The molecule has 25 heavy (non-hydrogen) atoms. The van der Waals surface area contributed by atoms with Gasteiger partial charge in [0, 0.05) is 57.3 Å². The van der Waals surface area contributed by atoms with E-state index in [0.717, 1.165) is 42.0 Å². The Kier molecular flexibility index (Phi) is 16.9. The molecule has 0 fully saturated rings. The van der Waals surface area contributed by atoms with Crippen molar-refractivity contribution in [1.82, 2.24) is 0 Å². The van der Waals surface area contributed by atoms with Gasteiger partial charge in [0.2, 0.25) is 5.52 Å². The zero-order valence-electron chi connectivity index (χ0n) is 14.3. The van der Waals surface area contributed by atoms with Gasteiger partial charge in [0.1, 0.15) is 0 Å². The van der Waals surface area contributed by atoms with E-state index >= 15 is 0 Å². The number of nitrogens with zero attached hydrogens (tertiary/aromatic N) is 1. The number of carbonyl (C=O) groups is 3. The van der Waals surface area contributed by atoms with Crippen LogP contribution < -0.4 is 20.0 Å². The van der Waals surface area contributed by atoms with Gasteiger partial charge in [-0.3, -0.25) is 0 Å². The van der Waals surface area contributed by atoms with E-state index in [2.05, 4.69) is 0 Å². The van der Waals surface area contributed by atoms with E-state index in [1.165, 1.54) is 6.20 Å². The topological polar surface area (TPSA) is 147 Å². The number of benzene rings is 1. The van der Waals surface area contributed by atoms with Gasteiger partial charge in [0.25, 0.3) is 0 Å². The minimum absolute atomic E-state index is 0. The summed E-state index contributed by atoms with van der Waals surface area (Å²) in [6.07, 6.45) is 1.54. The maximum absolute atomic E-state index is 11.2. The van der Waals surface area contributed by atoms with Crippen LogP contribution in [-0.4, -0.2) is 45.2 Å². The summed E-state index contributed by atoms with van der Waals surface area (Å²) in [5.41, 5.74) is 1.87. The minimum Gasteiger partial charge on any atom is -0.618 e. The Morgan fingerprint density at radius 3 is 1.56 bits per heavy atom. The summed E-state index contributed by atoms with van der Waals surface area (Å²) >= 11 is 0. The Bertz CT molecular complexity index is 608. The van der Waals surface area contributed by atoms with Gasteiger partial charge in [-0.05, 0) is 39.3 Å². The van der Waals surface area contributed by atoms with Gasteiger partial charge in [-0.2, -0.15) is 4.73 Å². The number of carbonyl (C=O) groups excluding carboxylic acids is 3. The second kappa shape index (κ2) is 15.3. The van der Waals surface area contributed by atoms with Crippen LogP contribution in [0.25, 0.3) is 10.9 Å². The molecule has 0 spiro atoms. The largest absolute Gasteiger partial charge is 0.618 e. The van der Waals surface area contributed by atoms with E-state index in [0.29, 0.717) is 0 Å². The quantitative estimate of drug-likeness (QED) is 0.206. The number of pyridine rings is 1. The van der Waals surface area contributed by atoms with Crippen LogP contribution in [-0.2, 0) is 14.4 Å². The molecule has 0 amide bonds. The standard InChI is InChI=1S/C10H9NO.3C2H4O2.Pb/c1-8-6-7-11(12)10-5-3-2-4-9(8)10;3*1-2(3)4;/h2-7H,1H3;3*1H3,(H,3,4);/p-3. The first-order valence-electron chi connectivity index (χ1n) is 6.59. The number of rotatable bonds is 0. The first kappa shape index (κ1) is 27.6. The van der Waals surface area contributed by atoms with Crippen LogP contribution in [0.1, 0.15) is 26.3 Å². The molecule has 9 heteroatoms. The van der Waals surface area contributed by atoms with Crippen LogP contribution in [0.2, 0.25) is 0 Å². The molecule has 0 bridgehead atoms. The normalized spacial score (nSPS) is 8.00. The van der Waals surface area contributed by atoms with E-state index in [1.54, 1.807) is 0 Å². The Morgan fingerprint density at radius 2 is 1.20 bits per heavy atom. The third-order valence-corrected chi connectivity index (χ3v) is 2.03. The van der Waals surface area contributed by atoms with Crippen molar-refractivity contribution in [2.45, 2.75) is 27.7 Å². The van der Waals surface area contributed by atoms with Crippen molar-refractivity contribution in [3.05, 3.63) is 47.3 Å². The molecule has 0 aliphatic carbocycles. The van der Waals surface area contributed by atoms with Gasteiger partial charge < -0.3 is 34.9 Å². The van der Waals surface area contributed by atoms with Crippen LogP contribution >= 0.6 is 0 Å². The molecule has 0 aliphatic heterocycles. The molecule has 2 rings (SSSR count). The Hall–Kier alpha value is -2.24. The minimum atomic E-state index is -1.08. The summed E-state index contributed by atoms with van der Waals surface area (Å²) in [6, 6.07) is 9.43. The van der Waals surface area contributed by atoms with Crippen LogP contribution in [0.3, 0.4) is 0 Å². The van der Waals surface area contributed by atoms with Crippen LogP contribution in [0, 0.1) is 12.1 Å². The van der Waals surface area contributed by atoms with E-state index in [4.69, 9.17) is 29.7 Å². The molecule has 0 aliphatic rings. The van der Waals surface area contributed by atoms with Gasteiger partial charge in [0.15, 0.2) is 6.20 Å². The fraction of sp³-hybridized carbons (Fsp3) is 0.250. The molecule has 2 aromatic rings. The van der Waals surface area contributed by atoms with Crippen LogP contribution in [0.4, 0.5) is 0 Å². The SMILES string of the molecule is CC(=O)[O-].CC(=O)[O-].CC(=O)[O-].Cc1cc[n+]([O-])c2ccccc12.[Pb]. The molecule has 0 saturated heterocycles. The molecule has 0 unspecified atom stereocenters. The van der Waals surface area contributed by atoms with E-state index in [-0.39, 0.29) is 27.3 Å². The van der Waals surface area contributed by atoms with Crippen molar-refractivity contribution in [3.8, 4) is 0 Å². The zero-order valence-corrected chi connectivity index (χ0v) is 18.2. The maximum atomic E-state index is 11.2. The number of hydrogen-bond acceptors (Lipinski definition) is 7. The predicted molar refractivity (Wildman–Crippen MR) is 85.4 cm³/mol. The summed E-state index contributed by atoms with van der Waals surface area (Å²) in [5.74, 6) is -3.25. The first-order chi connectivity index (χ1) is 11.0. The maximum Gasteiger partial charge on any atom is 0.223 e. The monoisotopic (exact) mass is 544 g/mol. The molecule has 1 aromatic heterocycles. The average molecular weight is 544 g/mol. The van der Waals surface area contributed by atoms with Crippen LogP contribution in [0.5, 0.6) is 0 Å². The van der Waals surface area contributed by atoms with Crippen LogP contribution in [0.15, 0.2) is 36.5 Å². The number of carboxylic acid groups (broad SMARTS) is 3. The number of fused-ring (bicyclic) bond motifs is 1. The van der Waals surface area contributed by atoms with Crippen molar-refractivity contribution in [1.29, 1.82) is 0 Å². The zero-order chi connectivity index (χ0) is 19.3. The molecule has 4 radical (unpaired) electrons. The summed E-state index contributed by atoms with van der Waals surface area (Å²) in [5, 5.41) is 38.9. The first-order valence-corrected chi connectivity index (χ1v) is 6.59. The predicted octanol–water partition coefficient (Wildman–Crippen LogP) is -2.33. The van der Waals surface area contributed by atoms with Crippen molar-refractivity contribution in [2.24, 2.45) is 0 Å². The fourth-order valence-corrected chi connectivity index (χ4v) is 1.35. The van der Waals surface area contributed by atoms with E-state index in [1.807, 2.05) is 37.3 Å². The molecule has 0 saturated carbocycles. The Morgan fingerprint density at radius 1 is 0.840 bits per heavy atom. The van der Waals surface area contributed by atoms with Gasteiger partial charge in [-0.1, -0.05) is 12.1 Å². The number of hydrogen-bond donors (Lipinski definition) is 0. The smallest absolute Gasteiger partial charge is 0.223 e. The van der Waals surface area contributed by atoms with Gasteiger partial charge >= 0.3 is 0 Å². The Balaban J connectivity index is -0.000000314. The molecule has 1 aromatic carbocycles. The van der Waals surface area contributed by atoms with Crippen molar-refractivity contribution >= 4 is 56.1 Å². The van der Waals surface area contributed by atoms with E-state index in [9.17, 15) is 5.21 Å². The van der Waals surface area contributed by atoms with Crippen molar-refractivity contribution < 1.29 is 34.4 Å². The third kappa shape index (κ3) is 17.9. The molecule has 1 heterocycles. The van der Waals surface area contributed by atoms with Crippen molar-refractivity contribution in [2.75, 3.05) is 0 Å². The Labute approximate surface area is 165 Å². The van der Waals surface area contributed by atoms with Gasteiger partial charge in [-0.25, -0.2) is 0 Å². The molecule has 0 atom stereocenters. The molecule has 136 valence electrons. The molecule has 0 N–H and O–H groups in total.